The molecule has 0 unspecified atom stereocenters. The zero-order chi connectivity index (χ0) is 21.1. The highest BCUT2D eigenvalue weighted by Gasteiger charge is 2.42. The number of nitrogens with zero attached hydrogens (tertiary/aromatic N) is 1. The van der Waals surface area contributed by atoms with E-state index in [1.54, 1.807) is 21.3 Å². The number of rotatable bonds is 7. The fourth-order valence-electron chi connectivity index (χ4n) is 4.85. The molecule has 162 valence electrons. The zero-order valence-corrected chi connectivity index (χ0v) is 17.9. The lowest BCUT2D eigenvalue weighted by atomic mass is 9.78. The summed E-state index contributed by atoms with van der Waals surface area (Å²) in [4.78, 5) is 2.46. The lowest BCUT2D eigenvalue weighted by Gasteiger charge is -2.35. The number of ether oxygens (including phenoxy) is 4. The minimum Gasteiger partial charge on any atom is -0.497 e. The van der Waals surface area contributed by atoms with Crippen LogP contribution in [0.3, 0.4) is 0 Å². The Morgan fingerprint density at radius 1 is 0.867 bits per heavy atom. The predicted octanol–water partition coefficient (Wildman–Crippen LogP) is 3.36. The van der Waals surface area contributed by atoms with Crippen LogP contribution in [-0.2, 0) is 6.54 Å². The molecule has 1 heterocycles. The van der Waals surface area contributed by atoms with Gasteiger partial charge in [0.25, 0.3) is 0 Å². The van der Waals surface area contributed by atoms with Crippen LogP contribution in [0.5, 0.6) is 23.0 Å². The summed E-state index contributed by atoms with van der Waals surface area (Å²) in [7, 11) is 4.99. The van der Waals surface area contributed by atoms with E-state index in [-0.39, 0.29) is 6.10 Å². The second-order valence-corrected chi connectivity index (χ2v) is 8.24. The fraction of sp³-hybridized carbons (Fsp3) is 0.500. The Balaban J connectivity index is 1.41. The average molecular weight is 414 g/mol. The smallest absolute Gasteiger partial charge is 0.161 e. The number of hydrogen-bond donors (Lipinski definition) is 1. The molecule has 30 heavy (non-hydrogen) atoms. The minimum atomic E-state index is -0.466. The molecule has 1 saturated carbocycles. The Morgan fingerprint density at radius 2 is 1.57 bits per heavy atom. The zero-order valence-electron chi connectivity index (χ0n) is 17.9. The summed E-state index contributed by atoms with van der Waals surface area (Å²) in [6, 6.07) is 13.6. The van der Waals surface area contributed by atoms with Gasteiger partial charge in [0.15, 0.2) is 11.5 Å². The maximum absolute atomic E-state index is 10.7. The molecular formula is C24H31NO5. The molecule has 0 aromatic heterocycles. The third-order valence-corrected chi connectivity index (χ3v) is 6.40. The first-order chi connectivity index (χ1) is 14.6. The topological polar surface area (TPSA) is 60.4 Å². The van der Waals surface area contributed by atoms with Gasteiger partial charge in [-0.15, -0.1) is 0 Å². The molecule has 1 saturated heterocycles. The third-order valence-electron chi connectivity index (χ3n) is 6.40. The van der Waals surface area contributed by atoms with E-state index in [0.29, 0.717) is 23.3 Å². The van der Waals surface area contributed by atoms with E-state index in [1.165, 1.54) is 0 Å². The van der Waals surface area contributed by atoms with Crippen LogP contribution in [0.4, 0.5) is 0 Å². The van der Waals surface area contributed by atoms with Gasteiger partial charge in [-0.25, -0.2) is 0 Å². The summed E-state index contributed by atoms with van der Waals surface area (Å²) < 4.78 is 22.4. The predicted molar refractivity (Wildman–Crippen MR) is 114 cm³/mol. The van der Waals surface area contributed by atoms with Crippen molar-refractivity contribution < 1.29 is 24.1 Å². The van der Waals surface area contributed by atoms with Crippen LogP contribution < -0.4 is 18.9 Å². The molecule has 6 nitrogen and oxygen atoms in total. The Hall–Kier alpha value is -2.44. The van der Waals surface area contributed by atoms with Crippen molar-refractivity contribution >= 4 is 0 Å². The van der Waals surface area contributed by atoms with Gasteiger partial charge in [-0.05, 0) is 42.9 Å². The number of hydrogen-bond acceptors (Lipinski definition) is 6. The monoisotopic (exact) mass is 413 g/mol. The molecular weight excluding hydrogens is 382 g/mol. The lowest BCUT2D eigenvalue weighted by Crippen LogP contribution is -2.42. The number of aliphatic hydroxyl groups is 1. The summed E-state index contributed by atoms with van der Waals surface area (Å²) in [5.41, 5.74) is 1.15. The van der Waals surface area contributed by atoms with Gasteiger partial charge in [-0.3, -0.25) is 4.90 Å². The number of fused-ring (bicyclic) bond motifs is 1. The first-order valence-electron chi connectivity index (χ1n) is 10.5. The van der Waals surface area contributed by atoms with Crippen LogP contribution in [0.15, 0.2) is 42.5 Å². The van der Waals surface area contributed by atoms with Crippen molar-refractivity contribution in [1.29, 1.82) is 0 Å². The molecule has 0 amide bonds. The Kier molecular flexibility index (Phi) is 6.35. The minimum absolute atomic E-state index is 0.210. The highest BCUT2D eigenvalue weighted by atomic mass is 16.5. The van der Waals surface area contributed by atoms with Crippen LogP contribution in [-0.4, -0.2) is 56.6 Å². The van der Waals surface area contributed by atoms with Gasteiger partial charge >= 0.3 is 0 Å². The average Bonchev–Trinajstić information content (AvgIpc) is 3.15. The van der Waals surface area contributed by atoms with E-state index < -0.39 is 6.10 Å². The van der Waals surface area contributed by atoms with E-state index in [1.807, 2.05) is 36.4 Å². The highest BCUT2D eigenvalue weighted by Crippen LogP contribution is 2.40. The summed E-state index contributed by atoms with van der Waals surface area (Å²) in [6.07, 6.45) is 0.936. The van der Waals surface area contributed by atoms with Crippen molar-refractivity contribution in [2.45, 2.75) is 31.6 Å². The van der Waals surface area contributed by atoms with E-state index in [2.05, 4.69) is 11.0 Å². The molecule has 2 aliphatic rings. The van der Waals surface area contributed by atoms with E-state index in [9.17, 15) is 5.11 Å². The number of benzene rings is 2. The maximum Gasteiger partial charge on any atom is 0.161 e. The second kappa shape index (κ2) is 9.14. The molecule has 0 spiro atoms. The molecule has 4 rings (SSSR count). The van der Waals surface area contributed by atoms with Crippen molar-refractivity contribution in [2.75, 3.05) is 34.4 Å². The van der Waals surface area contributed by atoms with E-state index in [4.69, 9.17) is 18.9 Å². The quantitative estimate of drug-likeness (QED) is 0.751. The number of para-hydroxylation sites is 2. The van der Waals surface area contributed by atoms with Crippen LogP contribution in [0.1, 0.15) is 18.4 Å². The molecule has 2 aromatic carbocycles. The SMILES string of the molecule is COc1ccc(CN2C[C@H]3C[C@@H](Oc4ccccc4OC)[C@H](O)C[C@H]3C2)c(OC)c1. The van der Waals surface area contributed by atoms with Crippen LogP contribution in [0, 0.1) is 11.8 Å². The summed E-state index contributed by atoms with van der Waals surface area (Å²) in [5.74, 6) is 4.04. The Bertz CT molecular complexity index is 857. The first-order valence-corrected chi connectivity index (χ1v) is 10.5. The molecule has 6 heteroatoms. The van der Waals surface area contributed by atoms with Crippen molar-refractivity contribution in [3.8, 4) is 23.0 Å². The van der Waals surface area contributed by atoms with Crippen molar-refractivity contribution in [2.24, 2.45) is 11.8 Å². The summed E-state index contributed by atoms with van der Waals surface area (Å²) in [6.45, 7) is 2.81. The van der Waals surface area contributed by atoms with E-state index in [0.717, 1.165) is 49.5 Å². The van der Waals surface area contributed by atoms with Gasteiger partial charge in [0.05, 0.1) is 27.4 Å². The number of aliphatic hydroxyl groups excluding tert-OH is 1. The lowest BCUT2D eigenvalue weighted by molar-refractivity contribution is -0.0240. The van der Waals surface area contributed by atoms with Crippen LogP contribution in [0.25, 0.3) is 0 Å². The Morgan fingerprint density at radius 3 is 2.27 bits per heavy atom. The van der Waals surface area contributed by atoms with Gasteiger partial charge in [0.1, 0.15) is 17.6 Å². The van der Waals surface area contributed by atoms with E-state index >= 15 is 0 Å². The van der Waals surface area contributed by atoms with Gasteiger partial charge in [0, 0.05) is 31.3 Å². The largest absolute Gasteiger partial charge is 0.497 e. The highest BCUT2D eigenvalue weighted by molar-refractivity contribution is 5.41. The molecule has 2 aromatic rings. The molecule has 1 aliphatic heterocycles. The molecule has 0 bridgehead atoms. The fourth-order valence-corrected chi connectivity index (χ4v) is 4.85. The molecule has 0 radical (unpaired) electrons. The third kappa shape index (κ3) is 4.35. The number of likely N-dealkylation sites (tertiary alicyclic amines) is 1. The molecule has 1 aliphatic carbocycles. The number of methoxy groups -OCH3 is 3. The molecule has 4 atom stereocenters. The molecule has 2 fully saturated rings. The summed E-state index contributed by atoms with van der Waals surface area (Å²) in [5, 5.41) is 10.7. The van der Waals surface area contributed by atoms with Crippen LogP contribution >= 0.6 is 0 Å². The maximum atomic E-state index is 10.7. The molecule has 1 N–H and O–H groups in total. The van der Waals surface area contributed by atoms with Gasteiger partial charge < -0.3 is 24.1 Å². The summed E-state index contributed by atoms with van der Waals surface area (Å²) >= 11 is 0. The standard InChI is InChI=1S/C24H31NO5/c1-27-19-9-8-16(23(12-19)29-3)13-25-14-17-10-20(26)24(11-18(17)15-25)30-22-7-5-4-6-21(22)28-2/h4-9,12,17-18,20,24,26H,10-11,13-15H2,1-3H3/t17-,18+,20+,24+/m0/s1. The van der Waals surface area contributed by atoms with Gasteiger partial charge in [0.2, 0.25) is 0 Å². The normalized spacial score (nSPS) is 26.1. The van der Waals surface area contributed by atoms with Crippen molar-refractivity contribution in [1.82, 2.24) is 4.90 Å². The Labute approximate surface area is 178 Å². The van der Waals surface area contributed by atoms with Crippen molar-refractivity contribution in [3.05, 3.63) is 48.0 Å². The van der Waals surface area contributed by atoms with Crippen molar-refractivity contribution in [3.63, 3.8) is 0 Å². The van der Waals surface area contributed by atoms with Gasteiger partial charge in [-0.1, -0.05) is 18.2 Å². The van der Waals surface area contributed by atoms with Crippen LogP contribution in [0.2, 0.25) is 0 Å². The first kappa shape index (κ1) is 20.8. The second-order valence-electron chi connectivity index (χ2n) is 8.24. The van der Waals surface area contributed by atoms with Gasteiger partial charge in [-0.2, -0.15) is 0 Å².